The number of thiazole rings is 1. The SMILES string of the molecule is C=CC(c1ccc2nc(N)sc2c1)S(=O)(=O)C(OC(=O)CC)c1cc2cc(C(F)(F)F)ccc2[nH]1. The van der Waals surface area contributed by atoms with Crippen molar-refractivity contribution in [3.05, 3.63) is 71.9 Å². The summed E-state index contributed by atoms with van der Waals surface area (Å²) in [5, 5.41) is -0.845. The van der Waals surface area contributed by atoms with Crippen molar-refractivity contribution in [1.29, 1.82) is 0 Å². The Hall–Kier alpha value is -3.38. The van der Waals surface area contributed by atoms with Crippen molar-refractivity contribution in [3.63, 3.8) is 0 Å². The van der Waals surface area contributed by atoms with Crippen molar-refractivity contribution in [1.82, 2.24) is 9.97 Å². The minimum Gasteiger partial charge on any atom is -0.439 e. The maximum absolute atomic E-state index is 13.8. The number of carbonyl (C=O) groups is 1. The number of aromatic nitrogens is 2. The molecule has 0 saturated carbocycles. The van der Waals surface area contributed by atoms with Gasteiger partial charge >= 0.3 is 12.1 Å². The van der Waals surface area contributed by atoms with Crippen LogP contribution in [0, 0.1) is 0 Å². The fraction of sp³-hybridized carbons (Fsp3) is 0.217. The van der Waals surface area contributed by atoms with E-state index in [0.29, 0.717) is 20.9 Å². The number of H-pyrrole nitrogens is 1. The van der Waals surface area contributed by atoms with Gasteiger partial charge in [0, 0.05) is 17.3 Å². The highest BCUT2D eigenvalue weighted by Crippen LogP contribution is 2.39. The highest BCUT2D eigenvalue weighted by Gasteiger charge is 2.39. The van der Waals surface area contributed by atoms with Gasteiger partial charge in [0.1, 0.15) is 5.25 Å². The first-order valence-corrected chi connectivity index (χ1v) is 12.8. The van der Waals surface area contributed by atoms with Crippen LogP contribution in [0.2, 0.25) is 0 Å². The first-order valence-electron chi connectivity index (χ1n) is 10.3. The van der Waals surface area contributed by atoms with Crippen LogP contribution in [0.1, 0.15) is 40.9 Å². The second-order valence-corrected chi connectivity index (χ2v) is 10.9. The summed E-state index contributed by atoms with van der Waals surface area (Å²) in [6.07, 6.45) is -3.47. The number of esters is 1. The first-order chi connectivity index (χ1) is 16.4. The van der Waals surface area contributed by atoms with Crippen molar-refractivity contribution in [3.8, 4) is 0 Å². The van der Waals surface area contributed by atoms with Gasteiger partial charge in [0.05, 0.1) is 21.5 Å². The van der Waals surface area contributed by atoms with Gasteiger partial charge in [-0.1, -0.05) is 30.4 Å². The third kappa shape index (κ3) is 4.76. The zero-order chi connectivity index (χ0) is 25.5. The van der Waals surface area contributed by atoms with E-state index in [1.165, 1.54) is 36.5 Å². The van der Waals surface area contributed by atoms with Gasteiger partial charge in [0.2, 0.25) is 15.3 Å². The Morgan fingerprint density at radius 3 is 2.66 bits per heavy atom. The van der Waals surface area contributed by atoms with Crippen LogP contribution >= 0.6 is 11.3 Å². The summed E-state index contributed by atoms with van der Waals surface area (Å²) in [5.41, 5.74) is 4.19. The minimum absolute atomic E-state index is 0.0731. The maximum atomic E-state index is 13.8. The summed E-state index contributed by atoms with van der Waals surface area (Å²) >= 11 is 1.18. The summed E-state index contributed by atoms with van der Waals surface area (Å²) in [4.78, 5) is 19.1. The number of aromatic amines is 1. The van der Waals surface area contributed by atoms with Crippen LogP contribution in [0.5, 0.6) is 0 Å². The van der Waals surface area contributed by atoms with Gasteiger partial charge in [0.15, 0.2) is 5.13 Å². The van der Waals surface area contributed by atoms with E-state index < -0.39 is 38.2 Å². The van der Waals surface area contributed by atoms with E-state index in [0.717, 1.165) is 12.1 Å². The Morgan fingerprint density at radius 2 is 2.00 bits per heavy atom. The number of hydrogen-bond donors (Lipinski definition) is 2. The molecule has 2 aromatic heterocycles. The molecule has 184 valence electrons. The largest absolute Gasteiger partial charge is 0.439 e. The second kappa shape index (κ2) is 9.00. The van der Waals surface area contributed by atoms with Gasteiger partial charge in [-0.15, -0.1) is 6.58 Å². The molecule has 0 saturated heterocycles. The molecule has 3 N–H and O–H groups in total. The molecule has 0 aliphatic rings. The topological polar surface area (TPSA) is 115 Å². The van der Waals surface area contributed by atoms with Crippen molar-refractivity contribution < 1.29 is 31.1 Å². The first kappa shape index (κ1) is 24.7. The predicted molar refractivity (Wildman–Crippen MR) is 128 cm³/mol. The number of nitrogens with zero attached hydrogens (tertiary/aromatic N) is 1. The van der Waals surface area contributed by atoms with Crippen LogP contribution < -0.4 is 5.73 Å². The number of alkyl halides is 3. The molecule has 0 amide bonds. The Labute approximate surface area is 202 Å². The molecule has 0 fully saturated rings. The molecule has 2 aromatic carbocycles. The molecule has 35 heavy (non-hydrogen) atoms. The monoisotopic (exact) mass is 523 g/mol. The molecule has 12 heteroatoms. The number of hydrogen-bond acceptors (Lipinski definition) is 7. The van der Waals surface area contributed by atoms with E-state index in [9.17, 15) is 26.4 Å². The summed E-state index contributed by atoms with van der Waals surface area (Å²) in [5.74, 6) is -0.790. The van der Waals surface area contributed by atoms with E-state index in [1.807, 2.05) is 0 Å². The van der Waals surface area contributed by atoms with Crippen molar-refractivity contribution in [2.45, 2.75) is 30.2 Å². The number of nitrogens with two attached hydrogens (primary N) is 1. The molecular weight excluding hydrogens is 503 g/mol. The van der Waals surface area contributed by atoms with E-state index in [2.05, 4.69) is 16.5 Å². The number of benzene rings is 2. The average molecular weight is 524 g/mol. The molecule has 0 spiro atoms. The molecule has 2 atom stereocenters. The molecule has 2 unspecified atom stereocenters. The normalized spacial score (nSPS) is 14.2. The van der Waals surface area contributed by atoms with Gasteiger partial charge in [-0.05, 0) is 42.0 Å². The van der Waals surface area contributed by atoms with Crippen LogP contribution in [-0.2, 0) is 25.5 Å². The molecule has 0 aliphatic heterocycles. The number of halogens is 3. The van der Waals surface area contributed by atoms with E-state index in [-0.39, 0.29) is 23.0 Å². The standard InChI is InChI=1S/C23H20F3N3O4S2/c1-3-19(12-5-7-16-18(11-12)34-22(27)29-16)35(31,32)21(33-20(30)4-2)17-10-13-9-14(23(24,25)26)6-8-15(13)28-17/h3,5-11,19,21,28H,1,4H2,2H3,(H2,27,29). The van der Waals surface area contributed by atoms with Crippen molar-refractivity contribution >= 4 is 53.4 Å². The number of nitrogen functional groups attached to an aromatic ring is 1. The zero-order valence-corrected chi connectivity index (χ0v) is 19.9. The number of anilines is 1. The third-order valence-electron chi connectivity index (χ3n) is 5.37. The summed E-state index contributed by atoms with van der Waals surface area (Å²) in [6, 6.07) is 9.01. The molecule has 4 rings (SSSR count). The number of ether oxygens (including phenoxy) is 1. The smallest absolute Gasteiger partial charge is 0.416 e. The van der Waals surface area contributed by atoms with Gasteiger partial charge in [-0.25, -0.2) is 13.4 Å². The Kier molecular flexibility index (Phi) is 6.36. The van der Waals surface area contributed by atoms with E-state index >= 15 is 0 Å². The van der Waals surface area contributed by atoms with Gasteiger partial charge in [-0.2, -0.15) is 13.2 Å². The van der Waals surface area contributed by atoms with Gasteiger partial charge in [0.25, 0.3) is 0 Å². The number of sulfone groups is 1. The highest BCUT2D eigenvalue weighted by molar-refractivity contribution is 7.91. The van der Waals surface area contributed by atoms with Crippen LogP contribution in [0.15, 0.2) is 55.1 Å². The molecule has 0 radical (unpaired) electrons. The van der Waals surface area contributed by atoms with Crippen LogP contribution in [-0.4, -0.2) is 24.4 Å². The molecular formula is C23H20F3N3O4S2. The maximum Gasteiger partial charge on any atom is 0.416 e. The molecule has 0 aliphatic carbocycles. The number of rotatable bonds is 7. The van der Waals surface area contributed by atoms with Gasteiger partial charge in [-0.3, -0.25) is 4.79 Å². The number of nitrogens with one attached hydrogen (secondary N) is 1. The predicted octanol–water partition coefficient (Wildman–Crippen LogP) is 5.67. The fourth-order valence-electron chi connectivity index (χ4n) is 3.70. The van der Waals surface area contributed by atoms with Crippen LogP contribution in [0.4, 0.5) is 18.3 Å². The summed E-state index contributed by atoms with van der Waals surface area (Å²) in [7, 11) is -4.33. The zero-order valence-electron chi connectivity index (χ0n) is 18.3. The van der Waals surface area contributed by atoms with Crippen molar-refractivity contribution in [2.24, 2.45) is 0 Å². The lowest BCUT2D eigenvalue weighted by atomic mass is 10.1. The van der Waals surface area contributed by atoms with Crippen LogP contribution in [0.25, 0.3) is 21.1 Å². The molecule has 7 nitrogen and oxygen atoms in total. The lowest BCUT2D eigenvalue weighted by molar-refractivity contribution is -0.145. The fourth-order valence-corrected chi connectivity index (χ4v) is 6.26. The number of carbonyl (C=O) groups excluding carboxylic acids is 1. The average Bonchev–Trinajstić information content (AvgIpc) is 3.38. The summed E-state index contributed by atoms with van der Waals surface area (Å²) in [6.45, 7) is 5.15. The van der Waals surface area contributed by atoms with Crippen molar-refractivity contribution in [2.75, 3.05) is 5.73 Å². The Balaban J connectivity index is 1.82. The number of fused-ring (bicyclic) bond motifs is 2. The summed E-state index contributed by atoms with van der Waals surface area (Å²) < 4.78 is 73.0. The lowest BCUT2D eigenvalue weighted by Gasteiger charge is -2.22. The quantitative estimate of drug-likeness (QED) is 0.238. The lowest BCUT2D eigenvalue weighted by Crippen LogP contribution is -2.24. The van der Waals surface area contributed by atoms with E-state index in [1.54, 1.807) is 18.2 Å². The second-order valence-electron chi connectivity index (χ2n) is 7.72. The Bertz CT molecular complexity index is 1540. The van der Waals surface area contributed by atoms with E-state index in [4.69, 9.17) is 10.5 Å². The molecule has 2 heterocycles. The minimum atomic E-state index is -4.57. The van der Waals surface area contributed by atoms with Gasteiger partial charge < -0.3 is 15.5 Å². The third-order valence-corrected chi connectivity index (χ3v) is 8.34. The molecule has 0 bridgehead atoms. The molecule has 4 aromatic rings. The Morgan fingerprint density at radius 1 is 1.26 bits per heavy atom. The highest BCUT2D eigenvalue weighted by atomic mass is 32.2. The van der Waals surface area contributed by atoms with Crippen LogP contribution in [0.3, 0.4) is 0 Å².